The van der Waals surface area contributed by atoms with Crippen molar-refractivity contribution in [3.63, 3.8) is 0 Å². The van der Waals surface area contributed by atoms with Crippen LogP contribution < -0.4 is 10.6 Å². The summed E-state index contributed by atoms with van der Waals surface area (Å²) < 4.78 is 21.7. The van der Waals surface area contributed by atoms with E-state index in [2.05, 4.69) is 4.90 Å². The summed E-state index contributed by atoms with van der Waals surface area (Å²) in [6, 6.07) is 5.06. The van der Waals surface area contributed by atoms with Gasteiger partial charge in [-0.3, -0.25) is 4.21 Å². The van der Waals surface area contributed by atoms with Crippen LogP contribution in [0, 0.1) is 0 Å². The van der Waals surface area contributed by atoms with Crippen molar-refractivity contribution >= 4 is 22.5 Å². The Morgan fingerprint density at radius 1 is 1.40 bits per heavy atom. The fourth-order valence-corrected chi connectivity index (χ4v) is 1.93. The lowest BCUT2D eigenvalue weighted by molar-refractivity contribution is 0.537. The molecule has 0 fully saturated rings. The number of nitrogens with two attached hydrogens (primary N) is 1. The molecule has 0 aliphatic heterocycles. The zero-order valence-electron chi connectivity index (χ0n) is 8.90. The van der Waals surface area contributed by atoms with Crippen LogP contribution in [0.5, 0.6) is 0 Å². The molecule has 1 atom stereocenters. The van der Waals surface area contributed by atoms with Crippen LogP contribution in [-0.2, 0) is 11.1 Å². The molecule has 1 rings (SSSR count). The van der Waals surface area contributed by atoms with Crippen molar-refractivity contribution in [3.05, 3.63) is 18.2 Å². The minimum atomic E-state index is -2.27. The molecule has 0 aromatic heterocycles. The fraction of sp³-hybridized carbons (Fsp3) is 0.400. The van der Waals surface area contributed by atoms with E-state index in [0.717, 1.165) is 18.8 Å². The number of nitrogen functional groups attached to an aromatic ring is 1. The molecular formula is C10H15N2O2S-. The number of rotatable bonds is 4. The molecule has 84 valence electrons. The van der Waals surface area contributed by atoms with E-state index in [-0.39, 0.29) is 4.90 Å². The smallest absolute Gasteiger partial charge is 0.0498 e. The van der Waals surface area contributed by atoms with Gasteiger partial charge in [-0.25, -0.2) is 0 Å². The monoisotopic (exact) mass is 227 g/mol. The van der Waals surface area contributed by atoms with Crippen LogP contribution in [0.15, 0.2) is 23.1 Å². The first kappa shape index (κ1) is 12.0. The highest BCUT2D eigenvalue weighted by molar-refractivity contribution is 7.79. The van der Waals surface area contributed by atoms with E-state index in [1.165, 1.54) is 0 Å². The second-order valence-electron chi connectivity index (χ2n) is 3.13. The van der Waals surface area contributed by atoms with Crippen LogP contribution in [0.4, 0.5) is 11.4 Å². The van der Waals surface area contributed by atoms with Gasteiger partial charge in [-0.2, -0.15) is 0 Å². The summed E-state index contributed by atoms with van der Waals surface area (Å²) in [5, 5.41) is 0. The van der Waals surface area contributed by atoms with Gasteiger partial charge in [0, 0.05) is 29.4 Å². The summed E-state index contributed by atoms with van der Waals surface area (Å²) in [6.07, 6.45) is 0. The van der Waals surface area contributed by atoms with E-state index in [0.29, 0.717) is 5.69 Å². The maximum absolute atomic E-state index is 10.9. The van der Waals surface area contributed by atoms with Crippen molar-refractivity contribution in [1.29, 1.82) is 0 Å². The topological polar surface area (TPSA) is 69.4 Å². The minimum Gasteiger partial charge on any atom is -0.768 e. The number of anilines is 2. The standard InChI is InChI=1S/C10H16N2O2S/c1-3-12(4-2)8-5-6-9(11)10(7-8)15(13)14/h5-7H,3-4,11H2,1-2H3,(H,13,14)/p-1. The maximum Gasteiger partial charge on any atom is 0.0498 e. The third-order valence-electron chi connectivity index (χ3n) is 2.31. The van der Waals surface area contributed by atoms with Gasteiger partial charge in [0.25, 0.3) is 0 Å². The summed E-state index contributed by atoms with van der Waals surface area (Å²) in [7, 11) is 0. The highest BCUT2D eigenvalue weighted by Crippen LogP contribution is 2.23. The first-order chi connectivity index (χ1) is 7.10. The summed E-state index contributed by atoms with van der Waals surface area (Å²) in [5.41, 5.74) is 6.74. The lowest BCUT2D eigenvalue weighted by Gasteiger charge is -2.22. The van der Waals surface area contributed by atoms with Crippen molar-refractivity contribution in [1.82, 2.24) is 0 Å². The molecule has 0 spiro atoms. The lowest BCUT2D eigenvalue weighted by Crippen LogP contribution is -2.22. The summed E-state index contributed by atoms with van der Waals surface area (Å²) >= 11 is -2.27. The Balaban J connectivity index is 3.11. The maximum atomic E-state index is 10.9. The van der Waals surface area contributed by atoms with Crippen LogP contribution in [0.2, 0.25) is 0 Å². The van der Waals surface area contributed by atoms with Crippen LogP contribution in [0.25, 0.3) is 0 Å². The highest BCUT2D eigenvalue weighted by atomic mass is 32.2. The molecule has 4 nitrogen and oxygen atoms in total. The molecule has 0 aliphatic rings. The molecular weight excluding hydrogens is 212 g/mol. The summed E-state index contributed by atoms with van der Waals surface area (Å²) in [5.74, 6) is 0. The molecule has 0 radical (unpaired) electrons. The van der Waals surface area contributed by atoms with Gasteiger partial charge in [0.1, 0.15) is 0 Å². The molecule has 0 saturated heterocycles. The Hall–Kier alpha value is -1.07. The quantitative estimate of drug-likeness (QED) is 0.622. The van der Waals surface area contributed by atoms with Gasteiger partial charge in [0.2, 0.25) is 0 Å². The van der Waals surface area contributed by atoms with Gasteiger partial charge < -0.3 is 15.2 Å². The number of hydrogen-bond donors (Lipinski definition) is 1. The average Bonchev–Trinajstić information content (AvgIpc) is 2.21. The number of benzene rings is 1. The molecule has 1 unspecified atom stereocenters. The molecule has 5 heteroatoms. The third kappa shape index (κ3) is 2.70. The molecule has 0 heterocycles. The van der Waals surface area contributed by atoms with Gasteiger partial charge in [-0.1, -0.05) is 0 Å². The van der Waals surface area contributed by atoms with Crippen LogP contribution >= 0.6 is 0 Å². The number of hydrogen-bond acceptors (Lipinski definition) is 4. The Labute approximate surface area is 92.4 Å². The van der Waals surface area contributed by atoms with E-state index < -0.39 is 11.1 Å². The zero-order valence-corrected chi connectivity index (χ0v) is 9.71. The molecule has 0 aliphatic carbocycles. The Kier molecular flexibility index (Phi) is 4.11. The Bertz CT molecular complexity index is 364. The van der Waals surface area contributed by atoms with Crippen LogP contribution in [-0.4, -0.2) is 21.9 Å². The van der Waals surface area contributed by atoms with Crippen molar-refractivity contribution in [2.75, 3.05) is 23.7 Å². The van der Waals surface area contributed by atoms with Crippen molar-refractivity contribution in [2.45, 2.75) is 18.7 Å². The minimum absolute atomic E-state index is 0.166. The van der Waals surface area contributed by atoms with E-state index >= 15 is 0 Å². The predicted molar refractivity (Wildman–Crippen MR) is 61.6 cm³/mol. The molecule has 15 heavy (non-hydrogen) atoms. The molecule has 2 N–H and O–H groups in total. The average molecular weight is 227 g/mol. The van der Waals surface area contributed by atoms with Crippen molar-refractivity contribution in [2.24, 2.45) is 0 Å². The molecule has 1 aromatic carbocycles. The van der Waals surface area contributed by atoms with Crippen LogP contribution in [0.1, 0.15) is 13.8 Å². The third-order valence-corrected chi connectivity index (χ3v) is 3.02. The van der Waals surface area contributed by atoms with Gasteiger partial charge >= 0.3 is 0 Å². The van der Waals surface area contributed by atoms with Crippen molar-refractivity contribution in [3.8, 4) is 0 Å². The van der Waals surface area contributed by atoms with Crippen LogP contribution in [0.3, 0.4) is 0 Å². The normalized spacial score (nSPS) is 12.5. The van der Waals surface area contributed by atoms with E-state index in [1.54, 1.807) is 12.1 Å². The molecule has 0 saturated carbocycles. The Morgan fingerprint density at radius 2 is 2.00 bits per heavy atom. The zero-order chi connectivity index (χ0) is 11.4. The summed E-state index contributed by atoms with van der Waals surface area (Å²) in [6.45, 7) is 5.72. The van der Waals surface area contributed by atoms with Gasteiger partial charge in [-0.05, 0) is 43.1 Å². The molecule has 0 amide bonds. The van der Waals surface area contributed by atoms with Gasteiger partial charge in [-0.15, -0.1) is 0 Å². The SMILES string of the molecule is CCN(CC)c1ccc(N)c(S(=O)[O-])c1. The fourth-order valence-electron chi connectivity index (χ4n) is 1.45. The molecule has 1 aromatic rings. The molecule has 0 bridgehead atoms. The lowest BCUT2D eigenvalue weighted by atomic mass is 10.2. The van der Waals surface area contributed by atoms with Crippen molar-refractivity contribution < 1.29 is 8.76 Å². The van der Waals surface area contributed by atoms with Gasteiger partial charge in [0.05, 0.1) is 0 Å². The van der Waals surface area contributed by atoms with E-state index in [9.17, 15) is 8.76 Å². The second kappa shape index (κ2) is 5.14. The van der Waals surface area contributed by atoms with E-state index in [1.807, 2.05) is 19.9 Å². The van der Waals surface area contributed by atoms with E-state index in [4.69, 9.17) is 5.73 Å². The first-order valence-electron chi connectivity index (χ1n) is 4.83. The largest absolute Gasteiger partial charge is 0.768 e. The second-order valence-corrected chi connectivity index (χ2v) is 4.04. The Morgan fingerprint density at radius 3 is 2.47 bits per heavy atom. The number of nitrogens with zero attached hydrogens (tertiary/aromatic N) is 1. The predicted octanol–water partition coefficient (Wildman–Crippen LogP) is 1.35. The van der Waals surface area contributed by atoms with Gasteiger partial charge in [0.15, 0.2) is 0 Å². The first-order valence-corrected chi connectivity index (χ1v) is 5.91. The highest BCUT2D eigenvalue weighted by Gasteiger charge is 2.05. The summed E-state index contributed by atoms with van der Waals surface area (Å²) in [4.78, 5) is 2.23.